The highest BCUT2D eigenvalue weighted by Gasteiger charge is 2.38. The lowest BCUT2D eigenvalue weighted by atomic mass is 9.68. The van der Waals surface area contributed by atoms with E-state index < -0.39 is 0 Å². The maximum atomic E-state index is 6.12. The van der Waals surface area contributed by atoms with Crippen LogP contribution in [0.25, 0.3) is 0 Å². The molecule has 2 nitrogen and oxygen atoms in total. The summed E-state index contributed by atoms with van der Waals surface area (Å²) in [5.74, 6) is 0. The molecule has 0 spiro atoms. The molecule has 1 saturated heterocycles. The minimum atomic E-state index is 0.162. The molecular formula is C20H24Cl2N2. The summed E-state index contributed by atoms with van der Waals surface area (Å²) in [5.41, 5.74) is 2.71. The van der Waals surface area contributed by atoms with Gasteiger partial charge in [0, 0.05) is 28.0 Å². The van der Waals surface area contributed by atoms with E-state index in [0.29, 0.717) is 16.1 Å². The predicted octanol–water partition coefficient (Wildman–Crippen LogP) is 4.79. The Labute approximate surface area is 154 Å². The highest BCUT2D eigenvalue weighted by molar-refractivity contribution is 6.34. The third-order valence-electron chi connectivity index (χ3n) is 5.21. The Bertz CT molecular complexity index is 646. The summed E-state index contributed by atoms with van der Waals surface area (Å²) in [5, 5.41) is 8.58. The fourth-order valence-electron chi connectivity index (χ4n) is 3.79. The zero-order chi connectivity index (χ0) is 17.0. The summed E-state index contributed by atoms with van der Waals surface area (Å²) in [6.07, 6.45) is 2.28. The van der Waals surface area contributed by atoms with Crippen LogP contribution < -0.4 is 10.6 Å². The molecular weight excluding hydrogens is 339 g/mol. The van der Waals surface area contributed by atoms with E-state index in [4.69, 9.17) is 23.2 Å². The van der Waals surface area contributed by atoms with Crippen molar-refractivity contribution >= 4 is 23.2 Å². The summed E-state index contributed by atoms with van der Waals surface area (Å²) in [4.78, 5) is 0. The molecule has 1 unspecified atom stereocenters. The van der Waals surface area contributed by atoms with E-state index in [1.54, 1.807) is 6.07 Å². The Balaban J connectivity index is 1.78. The van der Waals surface area contributed by atoms with Crippen molar-refractivity contribution in [1.29, 1.82) is 0 Å². The molecule has 0 saturated carbocycles. The molecule has 1 fully saturated rings. The smallest absolute Gasteiger partial charge is 0.0424 e. The Morgan fingerprint density at radius 3 is 2.29 bits per heavy atom. The van der Waals surface area contributed by atoms with Gasteiger partial charge >= 0.3 is 0 Å². The van der Waals surface area contributed by atoms with Crippen LogP contribution in [0, 0.1) is 0 Å². The van der Waals surface area contributed by atoms with Crippen LogP contribution in [0.15, 0.2) is 48.5 Å². The van der Waals surface area contributed by atoms with Gasteiger partial charge in [-0.1, -0.05) is 53.5 Å². The zero-order valence-electron chi connectivity index (χ0n) is 14.0. The van der Waals surface area contributed by atoms with Gasteiger partial charge < -0.3 is 10.6 Å². The molecule has 1 atom stereocenters. The molecule has 0 amide bonds. The van der Waals surface area contributed by atoms with Crippen molar-refractivity contribution in [3.8, 4) is 0 Å². The van der Waals surface area contributed by atoms with Crippen molar-refractivity contribution in [2.45, 2.75) is 37.8 Å². The normalized spacial score (nSPS) is 18.3. The molecule has 1 aliphatic heterocycles. The molecule has 0 radical (unpaired) electrons. The molecule has 0 bridgehead atoms. The van der Waals surface area contributed by atoms with Crippen molar-refractivity contribution in [3.05, 3.63) is 69.7 Å². The first-order valence-corrected chi connectivity index (χ1v) is 9.30. The van der Waals surface area contributed by atoms with Gasteiger partial charge in [-0.3, -0.25) is 0 Å². The van der Waals surface area contributed by atoms with Crippen LogP contribution >= 0.6 is 23.2 Å². The SMILES string of the molecule is CC(NCc1cc(Cl)cc(Cl)c1)C1(c2ccccc2)CCNCC1. The van der Waals surface area contributed by atoms with Crippen molar-refractivity contribution in [2.24, 2.45) is 0 Å². The average Bonchev–Trinajstić information content (AvgIpc) is 2.60. The molecule has 2 aromatic carbocycles. The second-order valence-corrected chi connectivity index (χ2v) is 7.53. The van der Waals surface area contributed by atoms with E-state index in [1.807, 2.05) is 12.1 Å². The van der Waals surface area contributed by atoms with Crippen molar-refractivity contribution < 1.29 is 0 Å². The van der Waals surface area contributed by atoms with Gasteiger partial charge in [0.25, 0.3) is 0 Å². The highest BCUT2D eigenvalue weighted by atomic mass is 35.5. The lowest BCUT2D eigenvalue weighted by molar-refractivity contribution is 0.233. The summed E-state index contributed by atoms with van der Waals surface area (Å²) in [6.45, 7) is 5.18. The second kappa shape index (κ2) is 7.88. The fourth-order valence-corrected chi connectivity index (χ4v) is 4.37. The molecule has 1 aliphatic rings. The Morgan fingerprint density at radius 1 is 1.04 bits per heavy atom. The number of piperidine rings is 1. The van der Waals surface area contributed by atoms with Gasteiger partial charge in [0.2, 0.25) is 0 Å². The van der Waals surface area contributed by atoms with E-state index in [1.165, 1.54) is 5.56 Å². The van der Waals surface area contributed by atoms with Crippen molar-refractivity contribution in [3.63, 3.8) is 0 Å². The monoisotopic (exact) mass is 362 g/mol. The molecule has 2 N–H and O–H groups in total. The number of hydrogen-bond donors (Lipinski definition) is 2. The highest BCUT2D eigenvalue weighted by Crippen LogP contribution is 2.37. The van der Waals surface area contributed by atoms with E-state index >= 15 is 0 Å². The van der Waals surface area contributed by atoms with Gasteiger partial charge in [0.1, 0.15) is 0 Å². The Kier molecular flexibility index (Phi) is 5.83. The molecule has 3 rings (SSSR count). The maximum absolute atomic E-state index is 6.12. The van der Waals surface area contributed by atoms with E-state index in [9.17, 15) is 0 Å². The standard InChI is InChI=1S/C20H24Cl2N2/c1-15(24-14-16-11-18(21)13-19(22)12-16)20(7-9-23-10-8-20)17-5-3-2-4-6-17/h2-6,11-13,15,23-24H,7-10,14H2,1H3. The second-order valence-electron chi connectivity index (χ2n) is 6.65. The molecule has 1 heterocycles. The van der Waals surface area contributed by atoms with Gasteiger partial charge in [-0.25, -0.2) is 0 Å². The first-order chi connectivity index (χ1) is 11.6. The van der Waals surface area contributed by atoms with E-state index in [-0.39, 0.29) is 5.41 Å². The lowest BCUT2D eigenvalue weighted by Crippen LogP contribution is -2.52. The number of benzene rings is 2. The molecule has 4 heteroatoms. The van der Waals surface area contributed by atoms with Gasteiger partial charge in [-0.2, -0.15) is 0 Å². The number of hydrogen-bond acceptors (Lipinski definition) is 2. The van der Waals surface area contributed by atoms with E-state index in [0.717, 1.165) is 38.0 Å². The molecule has 0 aliphatic carbocycles. The van der Waals surface area contributed by atoms with Crippen molar-refractivity contribution in [1.82, 2.24) is 10.6 Å². The van der Waals surface area contributed by atoms with Crippen LogP contribution in [0.4, 0.5) is 0 Å². The number of rotatable bonds is 5. The predicted molar refractivity (Wildman–Crippen MR) is 103 cm³/mol. The summed E-state index contributed by atoms with van der Waals surface area (Å²) < 4.78 is 0. The van der Waals surface area contributed by atoms with Gasteiger partial charge in [-0.05, 0) is 62.2 Å². The summed E-state index contributed by atoms with van der Waals surface area (Å²) in [6, 6.07) is 17.0. The average molecular weight is 363 g/mol. The van der Waals surface area contributed by atoms with Gasteiger partial charge in [-0.15, -0.1) is 0 Å². The van der Waals surface area contributed by atoms with Gasteiger partial charge in [0.15, 0.2) is 0 Å². The first kappa shape index (κ1) is 17.8. The molecule has 24 heavy (non-hydrogen) atoms. The topological polar surface area (TPSA) is 24.1 Å². The van der Waals surface area contributed by atoms with Gasteiger partial charge in [0.05, 0.1) is 0 Å². The number of halogens is 2. The van der Waals surface area contributed by atoms with Crippen LogP contribution in [0.3, 0.4) is 0 Å². The lowest BCUT2D eigenvalue weighted by Gasteiger charge is -2.43. The number of nitrogens with one attached hydrogen (secondary N) is 2. The third-order valence-corrected chi connectivity index (χ3v) is 5.64. The molecule has 0 aromatic heterocycles. The maximum Gasteiger partial charge on any atom is 0.0424 e. The third kappa shape index (κ3) is 3.94. The summed E-state index contributed by atoms with van der Waals surface area (Å²) in [7, 11) is 0. The van der Waals surface area contributed by atoms with Crippen LogP contribution in [-0.4, -0.2) is 19.1 Å². The Morgan fingerprint density at radius 2 is 1.67 bits per heavy atom. The van der Waals surface area contributed by atoms with Crippen molar-refractivity contribution in [2.75, 3.05) is 13.1 Å². The first-order valence-electron chi connectivity index (χ1n) is 8.55. The molecule has 2 aromatic rings. The largest absolute Gasteiger partial charge is 0.317 e. The zero-order valence-corrected chi connectivity index (χ0v) is 15.5. The van der Waals surface area contributed by atoms with Crippen LogP contribution in [-0.2, 0) is 12.0 Å². The van der Waals surface area contributed by atoms with Crippen LogP contribution in [0.1, 0.15) is 30.9 Å². The Hall–Kier alpha value is -1.06. The van der Waals surface area contributed by atoms with Crippen LogP contribution in [0.5, 0.6) is 0 Å². The van der Waals surface area contributed by atoms with Crippen LogP contribution in [0.2, 0.25) is 10.0 Å². The quantitative estimate of drug-likeness (QED) is 0.798. The van der Waals surface area contributed by atoms with E-state index in [2.05, 4.69) is 47.9 Å². The minimum Gasteiger partial charge on any atom is -0.317 e. The molecule has 128 valence electrons. The minimum absolute atomic E-state index is 0.162. The fraction of sp³-hybridized carbons (Fsp3) is 0.400. The summed E-state index contributed by atoms with van der Waals surface area (Å²) >= 11 is 12.2.